The first-order valence-electron chi connectivity index (χ1n) is 4.95. The largest absolute Gasteiger partial charge is 0.337 e. The fourth-order valence-electron chi connectivity index (χ4n) is 1.84. The molecule has 0 unspecified atom stereocenters. The summed E-state index contributed by atoms with van der Waals surface area (Å²) in [5.74, 6) is 0.830. The van der Waals surface area contributed by atoms with Crippen LogP contribution in [0.25, 0.3) is 0 Å². The average molecular weight is 179 g/mol. The molecule has 1 fully saturated rings. The number of hydrogen-bond acceptors (Lipinski definition) is 2. The van der Waals surface area contributed by atoms with Crippen LogP contribution < -0.4 is 0 Å². The van der Waals surface area contributed by atoms with Crippen molar-refractivity contribution in [3.05, 3.63) is 18.7 Å². The Labute approximate surface area is 79.4 Å². The lowest BCUT2D eigenvalue weighted by Crippen LogP contribution is -2.51. The van der Waals surface area contributed by atoms with Gasteiger partial charge in [0.15, 0.2) is 0 Å². The molecule has 1 aliphatic rings. The summed E-state index contributed by atoms with van der Waals surface area (Å²) < 4.78 is 2.17. The highest BCUT2D eigenvalue weighted by atomic mass is 15.2. The van der Waals surface area contributed by atoms with Crippen LogP contribution in [0.15, 0.2) is 18.7 Å². The molecule has 0 amide bonds. The van der Waals surface area contributed by atoms with Crippen LogP contribution in [-0.4, -0.2) is 33.6 Å². The molecule has 0 N–H and O–H groups in total. The van der Waals surface area contributed by atoms with Gasteiger partial charge in [-0.05, 0) is 13.8 Å². The Hall–Kier alpha value is -0.830. The number of rotatable bonds is 3. The number of aromatic nitrogens is 2. The molecule has 3 heteroatoms. The van der Waals surface area contributed by atoms with Crippen molar-refractivity contribution in [2.24, 2.45) is 5.92 Å². The maximum atomic E-state index is 4.04. The van der Waals surface area contributed by atoms with Crippen molar-refractivity contribution < 1.29 is 0 Å². The van der Waals surface area contributed by atoms with Gasteiger partial charge in [0.2, 0.25) is 0 Å². The second-order valence-electron chi connectivity index (χ2n) is 4.17. The SMILES string of the molecule is CC(C)N1CC(Cn2ccnc2)C1. The first-order valence-corrected chi connectivity index (χ1v) is 4.95. The van der Waals surface area contributed by atoms with Crippen LogP contribution in [0.3, 0.4) is 0 Å². The van der Waals surface area contributed by atoms with Crippen LogP contribution in [0.5, 0.6) is 0 Å². The van der Waals surface area contributed by atoms with Gasteiger partial charge in [0.05, 0.1) is 6.33 Å². The van der Waals surface area contributed by atoms with E-state index in [2.05, 4.69) is 28.3 Å². The van der Waals surface area contributed by atoms with Gasteiger partial charge in [-0.3, -0.25) is 0 Å². The van der Waals surface area contributed by atoms with Gasteiger partial charge in [0, 0.05) is 44.0 Å². The summed E-state index contributed by atoms with van der Waals surface area (Å²) in [5, 5.41) is 0. The van der Waals surface area contributed by atoms with E-state index in [9.17, 15) is 0 Å². The Morgan fingerprint density at radius 1 is 1.46 bits per heavy atom. The Kier molecular flexibility index (Phi) is 2.36. The predicted molar refractivity (Wildman–Crippen MR) is 52.4 cm³/mol. The smallest absolute Gasteiger partial charge is 0.0946 e. The molecule has 1 aromatic heterocycles. The maximum absolute atomic E-state index is 4.04. The van der Waals surface area contributed by atoms with Gasteiger partial charge in [0.1, 0.15) is 0 Å². The molecule has 72 valence electrons. The van der Waals surface area contributed by atoms with E-state index in [0.29, 0.717) is 6.04 Å². The quantitative estimate of drug-likeness (QED) is 0.695. The average Bonchev–Trinajstić information content (AvgIpc) is 2.46. The molecule has 0 bridgehead atoms. The molecule has 1 saturated heterocycles. The lowest BCUT2D eigenvalue weighted by atomic mass is 9.98. The van der Waals surface area contributed by atoms with Crippen molar-refractivity contribution in [1.82, 2.24) is 14.5 Å². The van der Waals surface area contributed by atoms with E-state index >= 15 is 0 Å². The van der Waals surface area contributed by atoms with Gasteiger partial charge < -0.3 is 9.47 Å². The first-order chi connectivity index (χ1) is 6.25. The van der Waals surface area contributed by atoms with Gasteiger partial charge in [-0.1, -0.05) is 0 Å². The molecular weight excluding hydrogens is 162 g/mol. The molecule has 2 rings (SSSR count). The van der Waals surface area contributed by atoms with E-state index in [0.717, 1.165) is 12.5 Å². The molecule has 0 spiro atoms. The van der Waals surface area contributed by atoms with Crippen molar-refractivity contribution in [3.63, 3.8) is 0 Å². The zero-order valence-corrected chi connectivity index (χ0v) is 8.35. The highest BCUT2D eigenvalue weighted by molar-refractivity contribution is 4.84. The number of imidazole rings is 1. The third kappa shape index (κ3) is 1.91. The lowest BCUT2D eigenvalue weighted by Gasteiger charge is -2.42. The minimum Gasteiger partial charge on any atom is -0.337 e. The van der Waals surface area contributed by atoms with Crippen LogP contribution in [-0.2, 0) is 6.54 Å². The van der Waals surface area contributed by atoms with Crippen LogP contribution in [0.1, 0.15) is 13.8 Å². The maximum Gasteiger partial charge on any atom is 0.0946 e. The highest BCUT2D eigenvalue weighted by Gasteiger charge is 2.28. The molecule has 0 atom stereocenters. The first kappa shape index (κ1) is 8.75. The molecule has 1 aromatic rings. The summed E-state index contributed by atoms with van der Waals surface area (Å²) in [6, 6.07) is 0.707. The summed E-state index contributed by atoms with van der Waals surface area (Å²) in [7, 11) is 0. The van der Waals surface area contributed by atoms with Crippen LogP contribution in [0.2, 0.25) is 0 Å². The van der Waals surface area contributed by atoms with Gasteiger partial charge in [-0.25, -0.2) is 4.98 Å². The Morgan fingerprint density at radius 2 is 2.23 bits per heavy atom. The summed E-state index contributed by atoms with van der Waals surface area (Å²) >= 11 is 0. The van der Waals surface area contributed by atoms with E-state index in [1.54, 1.807) is 0 Å². The Morgan fingerprint density at radius 3 is 2.77 bits per heavy atom. The molecule has 0 radical (unpaired) electrons. The Bertz CT molecular complexity index is 247. The van der Waals surface area contributed by atoms with Gasteiger partial charge in [0.25, 0.3) is 0 Å². The number of nitrogens with zero attached hydrogens (tertiary/aromatic N) is 3. The lowest BCUT2D eigenvalue weighted by molar-refractivity contribution is 0.0576. The van der Waals surface area contributed by atoms with E-state index < -0.39 is 0 Å². The van der Waals surface area contributed by atoms with Gasteiger partial charge in [-0.2, -0.15) is 0 Å². The van der Waals surface area contributed by atoms with Crippen LogP contribution in [0.4, 0.5) is 0 Å². The van der Waals surface area contributed by atoms with Gasteiger partial charge in [-0.15, -0.1) is 0 Å². The Balaban J connectivity index is 1.76. The second-order valence-corrected chi connectivity index (χ2v) is 4.17. The normalized spacial score (nSPS) is 19.3. The predicted octanol–water partition coefficient (Wildman–Crippen LogP) is 1.22. The number of hydrogen-bond donors (Lipinski definition) is 0. The highest BCUT2D eigenvalue weighted by Crippen LogP contribution is 2.19. The fraction of sp³-hybridized carbons (Fsp3) is 0.700. The standard InChI is InChI=1S/C10H17N3/c1-9(2)13-6-10(7-13)5-12-4-3-11-8-12/h3-4,8-10H,5-7H2,1-2H3. The van der Waals surface area contributed by atoms with Crippen LogP contribution in [0, 0.1) is 5.92 Å². The van der Waals surface area contributed by atoms with E-state index in [-0.39, 0.29) is 0 Å². The zero-order chi connectivity index (χ0) is 9.26. The molecule has 0 aliphatic carbocycles. The minimum atomic E-state index is 0.707. The van der Waals surface area contributed by atoms with E-state index in [1.807, 2.05) is 18.7 Å². The zero-order valence-electron chi connectivity index (χ0n) is 8.35. The second kappa shape index (κ2) is 3.50. The van der Waals surface area contributed by atoms with Gasteiger partial charge >= 0.3 is 0 Å². The summed E-state index contributed by atoms with van der Waals surface area (Å²) in [6.45, 7) is 8.13. The third-order valence-electron chi connectivity index (χ3n) is 2.74. The van der Waals surface area contributed by atoms with E-state index in [4.69, 9.17) is 0 Å². The topological polar surface area (TPSA) is 21.1 Å². The van der Waals surface area contributed by atoms with Crippen molar-refractivity contribution in [3.8, 4) is 0 Å². The van der Waals surface area contributed by atoms with E-state index in [1.165, 1.54) is 13.1 Å². The summed E-state index contributed by atoms with van der Waals surface area (Å²) in [6.07, 6.45) is 5.79. The molecule has 0 saturated carbocycles. The number of likely N-dealkylation sites (tertiary alicyclic amines) is 1. The van der Waals surface area contributed by atoms with Crippen molar-refractivity contribution in [1.29, 1.82) is 0 Å². The fourth-order valence-corrected chi connectivity index (χ4v) is 1.84. The third-order valence-corrected chi connectivity index (χ3v) is 2.74. The minimum absolute atomic E-state index is 0.707. The molecule has 13 heavy (non-hydrogen) atoms. The summed E-state index contributed by atoms with van der Waals surface area (Å²) in [4.78, 5) is 6.54. The summed E-state index contributed by atoms with van der Waals surface area (Å²) in [5.41, 5.74) is 0. The van der Waals surface area contributed by atoms with Crippen molar-refractivity contribution in [2.75, 3.05) is 13.1 Å². The van der Waals surface area contributed by atoms with Crippen molar-refractivity contribution >= 4 is 0 Å². The molecular formula is C10H17N3. The molecule has 3 nitrogen and oxygen atoms in total. The van der Waals surface area contributed by atoms with Crippen molar-refractivity contribution in [2.45, 2.75) is 26.4 Å². The van der Waals surface area contributed by atoms with Crippen LogP contribution >= 0.6 is 0 Å². The monoisotopic (exact) mass is 179 g/mol. The molecule has 1 aliphatic heterocycles. The molecule has 2 heterocycles. The molecule has 0 aromatic carbocycles.